The molecule has 3 rings (SSSR count). The first kappa shape index (κ1) is 15.8. The normalized spacial score (nSPS) is 20.9. The van der Waals surface area contributed by atoms with Crippen LogP contribution in [0.5, 0.6) is 0 Å². The summed E-state index contributed by atoms with van der Waals surface area (Å²) in [5.74, 6) is 0. The number of likely N-dealkylation sites (N-methyl/N-ethyl adjacent to an activating group) is 1. The summed E-state index contributed by atoms with van der Waals surface area (Å²) >= 11 is 0. The summed E-state index contributed by atoms with van der Waals surface area (Å²) in [7, 11) is 2.15. The number of hydrogen-bond donors (Lipinski definition) is 1. The molecular weight excluding hydrogens is 274 g/mol. The average Bonchev–Trinajstić information content (AvgIpc) is 2.46. The molecule has 0 unspecified atom stereocenters. The first-order chi connectivity index (χ1) is 10.4. The molecule has 2 N–H and O–H groups in total. The fourth-order valence-corrected chi connectivity index (χ4v) is 4.00. The zero-order valence-electron chi connectivity index (χ0n) is 14.2. The van der Waals surface area contributed by atoms with Gasteiger partial charge in [-0.3, -0.25) is 4.79 Å². The lowest BCUT2D eigenvalue weighted by molar-refractivity contribution is 0.283. The summed E-state index contributed by atoms with van der Waals surface area (Å²) in [6, 6.07) is 2.45. The Balaban J connectivity index is 2.17. The SMILES string of the molecule is CN1CCc2c(cc(C(C)(C)N)c(=O)n2C2CCCCC2)C1. The van der Waals surface area contributed by atoms with Crippen molar-refractivity contribution in [3.63, 3.8) is 0 Å². The van der Waals surface area contributed by atoms with Gasteiger partial charge in [-0.05, 0) is 45.4 Å². The molecular formula is C18H29N3O. The fourth-order valence-electron chi connectivity index (χ4n) is 4.00. The first-order valence-electron chi connectivity index (χ1n) is 8.63. The molecule has 0 radical (unpaired) electrons. The molecule has 0 saturated heterocycles. The lowest BCUT2D eigenvalue weighted by atomic mass is 9.90. The highest BCUT2D eigenvalue weighted by Gasteiger charge is 2.29. The summed E-state index contributed by atoms with van der Waals surface area (Å²) in [5, 5.41) is 0. The van der Waals surface area contributed by atoms with Gasteiger partial charge in [-0.15, -0.1) is 0 Å². The Morgan fingerprint density at radius 2 is 1.91 bits per heavy atom. The zero-order valence-corrected chi connectivity index (χ0v) is 14.2. The van der Waals surface area contributed by atoms with Crippen LogP contribution in [0.3, 0.4) is 0 Å². The van der Waals surface area contributed by atoms with Crippen molar-refractivity contribution in [2.24, 2.45) is 5.73 Å². The van der Waals surface area contributed by atoms with E-state index >= 15 is 0 Å². The summed E-state index contributed by atoms with van der Waals surface area (Å²) in [4.78, 5) is 15.5. The Morgan fingerprint density at radius 3 is 2.55 bits per heavy atom. The number of nitrogens with two attached hydrogens (primary N) is 1. The van der Waals surface area contributed by atoms with Crippen LogP contribution in [0.25, 0.3) is 0 Å². The molecule has 1 aromatic rings. The largest absolute Gasteiger partial charge is 0.322 e. The third-order valence-corrected chi connectivity index (χ3v) is 5.23. The molecule has 2 heterocycles. The average molecular weight is 303 g/mol. The van der Waals surface area contributed by atoms with Gasteiger partial charge in [0.2, 0.25) is 0 Å². The minimum Gasteiger partial charge on any atom is -0.322 e. The second-order valence-corrected chi connectivity index (χ2v) is 7.71. The van der Waals surface area contributed by atoms with Gasteiger partial charge >= 0.3 is 0 Å². The van der Waals surface area contributed by atoms with Crippen LogP contribution in [0.1, 0.15) is 68.8 Å². The van der Waals surface area contributed by atoms with Gasteiger partial charge in [0.25, 0.3) is 5.56 Å². The quantitative estimate of drug-likeness (QED) is 0.913. The van der Waals surface area contributed by atoms with Crippen LogP contribution in [-0.4, -0.2) is 23.1 Å². The Labute approximate surface area is 133 Å². The van der Waals surface area contributed by atoms with Gasteiger partial charge in [-0.1, -0.05) is 19.3 Å². The number of pyridine rings is 1. The maximum absolute atomic E-state index is 13.1. The smallest absolute Gasteiger partial charge is 0.256 e. The van der Waals surface area contributed by atoms with Gasteiger partial charge in [0, 0.05) is 42.3 Å². The number of hydrogen-bond acceptors (Lipinski definition) is 3. The second-order valence-electron chi connectivity index (χ2n) is 7.71. The molecule has 1 aliphatic heterocycles. The van der Waals surface area contributed by atoms with E-state index in [0.717, 1.165) is 37.9 Å². The lowest BCUT2D eigenvalue weighted by Gasteiger charge is -2.34. The molecule has 4 nitrogen and oxygen atoms in total. The predicted molar refractivity (Wildman–Crippen MR) is 90.1 cm³/mol. The highest BCUT2D eigenvalue weighted by atomic mass is 16.1. The van der Waals surface area contributed by atoms with Crippen molar-refractivity contribution in [1.29, 1.82) is 0 Å². The molecule has 1 saturated carbocycles. The molecule has 0 bridgehead atoms. The van der Waals surface area contributed by atoms with E-state index < -0.39 is 5.54 Å². The van der Waals surface area contributed by atoms with E-state index in [2.05, 4.69) is 22.6 Å². The molecule has 22 heavy (non-hydrogen) atoms. The molecule has 0 spiro atoms. The van der Waals surface area contributed by atoms with Crippen LogP contribution in [0.2, 0.25) is 0 Å². The molecule has 2 aliphatic rings. The van der Waals surface area contributed by atoms with E-state index in [1.165, 1.54) is 30.5 Å². The van der Waals surface area contributed by atoms with Crippen molar-refractivity contribution in [2.45, 2.75) is 70.5 Å². The molecule has 1 aliphatic carbocycles. The topological polar surface area (TPSA) is 51.3 Å². The third-order valence-electron chi connectivity index (χ3n) is 5.23. The van der Waals surface area contributed by atoms with Crippen LogP contribution >= 0.6 is 0 Å². The van der Waals surface area contributed by atoms with E-state index in [0.29, 0.717) is 6.04 Å². The second kappa shape index (κ2) is 5.82. The Bertz CT molecular complexity index is 606. The van der Waals surface area contributed by atoms with Crippen LogP contribution in [0, 0.1) is 0 Å². The van der Waals surface area contributed by atoms with Crippen molar-refractivity contribution in [3.05, 3.63) is 33.2 Å². The first-order valence-corrected chi connectivity index (χ1v) is 8.63. The van der Waals surface area contributed by atoms with Gasteiger partial charge in [-0.25, -0.2) is 0 Å². The van der Waals surface area contributed by atoms with Gasteiger partial charge in [-0.2, -0.15) is 0 Å². The third kappa shape index (κ3) is 2.86. The number of nitrogens with zero attached hydrogens (tertiary/aromatic N) is 2. The van der Waals surface area contributed by atoms with Crippen LogP contribution in [0.4, 0.5) is 0 Å². The van der Waals surface area contributed by atoms with E-state index in [1.54, 1.807) is 0 Å². The minimum atomic E-state index is -0.585. The monoisotopic (exact) mass is 303 g/mol. The Kier molecular flexibility index (Phi) is 4.17. The van der Waals surface area contributed by atoms with E-state index in [9.17, 15) is 4.79 Å². The number of aromatic nitrogens is 1. The molecule has 4 heteroatoms. The molecule has 1 aromatic heterocycles. The summed E-state index contributed by atoms with van der Waals surface area (Å²) in [5.41, 5.74) is 9.20. The molecule has 0 aromatic carbocycles. The van der Waals surface area contributed by atoms with Crippen molar-refractivity contribution in [1.82, 2.24) is 9.47 Å². The summed E-state index contributed by atoms with van der Waals surface area (Å²) in [6.07, 6.45) is 7.03. The number of fused-ring (bicyclic) bond motifs is 1. The van der Waals surface area contributed by atoms with Gasteiger partial charge in [0.15, 0.2) is 0 Å². The predicted octanol–water partition coefficient (Wildman–Crippen LogP) is 2.54. The number of rotatable bonds is 2. The highest BCUT2D eigenvalue weighted by Crippen LogP contribution is 2.31. The molecule has 0 amide bonds. The van der Waals surface area contributed by atoms with Crippen LogP contribution in [0.15, 0.2) is 10.9 Å². The van der Waals surface area contributed by atoms with E-state index in [4.69, 9.17) is 5.73 Å². The maximum Gasteiger partial charge on any atom is 0.256 e. The maximum atomic E-state index is 13.1. The van der Waals surface area contributed by atoms with E-state index in [-0.39, 0.29) is 5.56 Å². The van der Waals surface area contributed by atoms with Crippen LogP contribution < -0.4 is 11.3 Å². The summed E-state index contributed by atoms with van der Waals surface area (Å²) < 4.78 is 2.13. The van der Waals surface area contributed by atoms with Crippen molar-refractivity contribution in [2.75, 3.05) is 13.6 Å². The Hall–Kier alpha value is -1.13. The van der Waals surface area contributed by atoms with E-state index in [1.807, 2.05) is 13.8 Å². The lowest BCUT2D eigenvalue weighted by Crippen LogP contribution is -2.43. The minimum absolute atomic E-state index is 0.155. The van der Waals surface area contributed by atoms with Gasteiger partial charge < -0.3 is 15.2 Å². The fraction of sp³-hybridized carbons (Fsp3) is 0.722. The zero-order chi connectivity index (χ0) is 15.9. The molecule has 0 atom stereocenters. The van der Waals surface area contributed by atoms with Crippen molar-refractivity contribution < 1.29 is 0 Å². The Morgan fingerprint density at radius 1 is 1.23 bits per heavy atom. The molecule has 1 fully saturated rings. The molecule has 122 valence electrons. The van der Waals surface area contributed by atoms with Crippen LogP contribution in [-0.2, 0) is 18.5 Å². The summed E-state index contributed by atoms with van der Waals surface area (Å²) in [6.45, 7) is 5.83. The van der Waals surface area contributed by atoms with Gasteiger partial charge in [0.1, 0.15) is 0 Å². The standard InChI is InChI=1S/C18H29N3O/c1-18(2,19)15-11-13-12-20(3)10-9-16(13)21(17(15)22)14-7-5-4-6-8-14/h11,14H,4-10,12,19H2,1-3H3. The van der Waals surface area contributed by atoms with Crippen molar-refractivity contribution in [3.8, 4) is 0 Å². The van der Waals surface area contributed by atoms with Crippen molar-refractivity contribution >= 4 is 0 Å². The van der Waals surface area contributed by atoms with Gasteiger partial charge in [0.05, 0.1) is 0 Å². The highest BCUT2D eigenvalue weighted by molar-refractivity contribution is 5.32.